The van der Waals surface area contributed by atoms with Crippen LogP contribution >= 0.6 is 11.3 Å². The van der Waals surface area contributed by atoms with Gasteiger partial charge in [-0.1, -0.05) is 0 Å². The van der Waals surface area contributed by atoms with Crippen molar-refractivity contribution in [2.75, 3.05) is 5.32 Å². The summed E-state index contributed by atoms with van der Waals surface area (Å²) < 4.78 is 0. The highest BCUT2D eigenvalue weighted by Gasteiger charge is 2.14. The number of aryl methyl sites for hydroxylation is 1. The summed E-state index contributed by atoms with van der Waals surface area (Å²) in [5.74, 6) is -0.693. The van der Waals surface area contributed by atoms with Crippen molar-refractivity contribution in [2.24, 2.45) is 0 Å². The molecule has 0 atom stereocenters. The second kappa shape index (κ2) is 6.06. The molecule has 2 amide bonds. The maximum atomic E-state index is 11.6. The first-order valence-electron chi connectivity index (χ1n) is 5.56. The average Bonchev–Trinajstić information content (AvgIpc) is 2.79. The number of nitrogens with one attached hydrogen (secondary N) is 2. The molecule has 2 heterocycles. The predicted molar refractivity (Wildman–Crippen MR) is 71.7 cm³/mol. The van der Waals surface area contributed by atoms with Crippen molar-refractivity contribution >= 4 is 29.2 Å². The molecule has 0 unspecified atom stereocenters. The largest absolute Gasteiger partial charge is 0.477 e. The van der Waals surface area contributed by atoms with Crippen LogP contribution in [0.5, 0.6) is 0 Å². The SMILES string of the molecule is Cc1nc(CNC(=O)Nc2cnccn2)sc1C(=O)O. The summed E-state index contributed by atoms with van der Waals surface area (Å²) >= 11 is 1.03. The van der Waals surface area contributed by atoms with Crippen LogP contribution < -0.4 is 10.6 Å². The van der Waals surface area contributed by atoms with E-state index in [9.17, 15) is 9.59 Å². The first-order valence-corrected chi connectivity index (χ1v) is 6.38. The topological polar surface area (TPSA) is 117 Å². The van der Waals surface area contributed by atoms with Gasteiger partial charge in [-0.15, -0.1) is 11.3 Å². The Morgan fingerprint density at radius 3 is 2.80 bits per heavy atom. The van der Waals surface area contributed by atoms with Crippen molar-refractivity contribution in [2.45, 2.75) is 13.5 Å². The number of urea groups is 1. The van der Waals surface area contributed by atoms with E-state index in [4.69, 9.17) is 5.11 Å². The lowest BCUT2D eigenvalue weighted by molar-refractivity contribution is 0.0701. The van der Waals surface area contributed by atoms with Gasteiger partial charge in [-0.05, 0) is 6.92 Å². The lowest BCUT2D eigenvalue weighted by atomic mass is 10.4. The second-order valence-electron chi connectivity index (χ2n) is 3.73. The molecule has 0 aliphatic heterocycles. The van der Waals surface area contributed by atoms with Crippen LogP contribution in [-0.2, 0) is 6.54 Å². The molecule has 2 rings (SSSR count). The van der Waals surface area contributed by atoms with Crippen molar-refractivity contribution in [3.05, 3.63) is 34.2 Å². The Balaban J connectivity index is 1.90. The molecule has 0 bridgehead atoms. The van der Waals surface area contributed by atoms with Gasteiger partial charge < -0.3 is 10.4 Å². The molecule has 0 saturated heterocycles. The molecule has 0 saturated carbocycles. The van der Waals surface area contributed by atoms with Crippen molar-refractivity contribution in [3.8, 4) is 0 Å². The summed E-state index contributed by atoms with van der Waals surface area (Å²) in [5.41, 5.74) is 0.439. The normalized spacial score (nSPS) is 10.1. The number of anilines is 1. The number of carboxylic acids is 1. The van der Waals surface area contributed by atoms with Crippen molar-refractivity contribution in [1.82, 2.24) is 20.3 Å². The molecule has 0 aliphatic rings. The van der Waals surface area contributed by atoms with E-state index in [0.717, 1.165) is 11.3 Å². The number of thiazole rings is 1. The Morgan fingerprint density at radius 1 is 1.40 bits per heavy atom. The molecule has 8 nitrogen and oxygen atoms in total. The molecule has 0 spiro atoms. The van der Waals surface area contributed by atoms with Gasteiger partial charge in [-0.3, -0.25) is 10.3 Å². The van der Waals surface area contributed by atoms with Gasteiger partial charge in [0, 0.05) is 12.4 Å². The molecule has 9 heteroatoms. The van der Waals surface area contributed by atoms with Crippen LogP contribution in [0.4, 0.5) is 10.6 Å². The summed E-state index contributed by atoms with van der Waals surface area (Å²) in [7, 11) is 0. The number of carbonyl (C=O) groups excluding carboxylic acids is 1. The van der Waals surface area contributed by atoms with Crippen LogP contribution in [0.3, 0.4) is 0 Å². The van der Waals surface area contributed by atoms with E-state index in [1.807, 2.05) is 0 Å². The number of amides is 2. The molecule has 0 aromatic carbocycles. The van der Waals surface area contributed by atoms with E-state index >= 15 is 0 Å². The number of aromatic nitrogens is 3. The molecular formula is C11H11N5O3S. The highest BCUT2D eigenvalue weighted by atomic mass is 32.1. The number of nitrogens with zero attached hydrogens (tertiary/aromatic N) is 3. The summed E-state index contributed by atoms with van der Waals surface area (Å²) in [6.45, 7) is 1.76. The van der Waals surface area contributed by atoms with Crippen molar-refractivity contribution < 1.29 is 14.7 Å². The van der Waals surface area contributed by atoms with Gasteiger partial charge in [0.25, 0.3) is 0 Å². The standard InChI is InChI=1S/C11H11N5O3S/c1-6-9(10(17)18)20-8(15-6)5-14-11(19)16-7-4-12-2-3-13-7/h2-4H,5H2,1H3,(H,17,18)(H2,13,14,16,19). The Labute approximate surface area is 117 Å². The minimum absolute atomic E-state index is 0.144. The van der Waals surface area contributed by atoms with Crippen LogP contribution in [0.25, 0.3) is 0 Å². The number of aromatic carboxylic acids is 1. The highest BCUT2D eigenvalue weighted by Crippen LogP contribution is 2.17. The van der Waals surface area contributed by atoms with Crippen LogP contribution in [-0.4, -0.2) is 32.1 Å². The number of hydrogen-bond acceptors (Lipinski definition) is 6. The summed E-state index contributed by atoms with van der Waals surface area (Å²) in [5, 5.41) is 14.5. The zero-order chi connectivity index (χ0) is 14.5. The van der Waals surface area contributed by atoms with Crippen LogP contribution in [0, 0.1) is 6.92 Å². The fourth-order valence-electron chi connectivity index (χ4n) is 1.41. The van der Waals surface area contributed by atoms with Gasteiger partial charge >= 0.3 is 12.0 Å². The maximum absolute atomic E-state index is 11.6. The van der Waals surface area contributed by atoms with Crippen molar-refractivity contribution in [1.29, 1.82) is 0 Å². The lowest BCUT2D eigenvalue weighted by Crippen LogP contribution is -2.28. The summed E-state index contributed by atoms with van der Waals surface area (Å²) in [6.07, 6.45) is 4.36. The van der Waals surface area contributed by atoms with Gasteiger partial charge in [0.15, 0.2) is 5.82 Å². The fourth-order valence-corrected chi connectivity index (χ4v) is 2.25. The molecule has 0 fully saturated rings. The zero-order valence-electron chi connectivity index (χ0n) is 10.5. The number of rotatable bonds is 4. The molecule has 0 radical (unpaired) electrons. The van der Waals surface area contributed by atoms with Gasteiger partial charge in [0.05, 0.1) is 18.4 Å². The zero-order valence-corrected chi connectivity index (χ0v) is 11.3. The Morgan fingerprint density at radius 2 is 2.20 bits per heavy atom. The van der Waals surface area contributed by atoms with Gasteiger partial charge in [-0.25, -0.2) is 19.6 Å². The second-order valence-corrected chi connectivity index (χ2v) is 4.81. The molecule has 2 aromatic rings. The van der Waals surface area contributed by atoms with Crippen molar-refractivity contribution in [3.63, 3.8) is 0 Å². The summed E-state index contributed by atoms with van der Waals surface area (Å²) in [6, 6.07) is -0.463. The molecule has 20 heavy (non-hydrogen) atoms. The van der Waals surface area contributed by atoms with E-state index in [2.05, 4.69) is 25.6 Å². The highest BCUT2D eigenvalue weighted by molar-refractivity contribution is 7.13. The number of hydrogen-bond donors (Lipinski definition) is 3. The Kier molecular flexibility index (Phi) is 4.20. The van der Waals surface area contributed by atoms with E-state index in [1.54, 1.807) is 6.92 Å². The molecular weight excluding hydrogens is 282 g/mol. The average molecular weight is 293 g/mol. The Hall–Kier alpha value is -2.55. The van der Waals surface area contributed by atoms with Crippen LogP contribution in [0.2, 0.25) is 0 Å². The summed E-state index contributed by atoms with van der Waals surface area (Å²) in [4.78, 5) is 34.4. The predicted octanol–water partition coefficient (Wildman–Crippen LogP) is 1.26. The van der Waals surface area contributed by atoms with E-state index in [0.29, 0.717) is 16.5 Å². The number of carbonyl (C=O) groups is 2. The van der Waals surface area contributed by atoms with E-state index in [-0.39, 0.29) is 11.4 Å². The Bertz CT molecular complexity index is 628. The van der Waals surface area contributed by atoms with Gasteiger partial charge in [-0.2, -0.15) is 0 Å². The molecule has 2 aromatic heterocycles. The number of carboxylic acid groups (broad SMARTS) is 1. The fraction of sp³-hybridized carbons (Fsp3) is 0.182. The monoisotopic (exact) mass is 293 g/mol. The minimum atomic E-state index is -1.02. The minimum Gasteiger partial charge on any atom is -0.477 e. The first kappa shape index (κ1) is 13.9. The third-order valence-electron chi connectivity index (χ3n) is 2.24. The maximum Gasteiger partial charge on any atom is 0.347 e. The van der Waals surface area contributed by atoms with Gasteiger partial charge in [0.1, 0.15) is 9.88 Å². The molecule has 0 aliphatic carbocycles. The molecule has 3 N–H and O–H groups in total. The van der Waals surface area contributed by atoms with E-state index < -0.39 is 12.0 Å². The third-order valence-corrected chi connectivity index (χ3v) is 3.39. The van der Waals surface area contributed by atoms with Gasteiger partial charge in [0.2, 0.25) is 0 Å². The van der Waals surface area contributed by atoms with Crippen LogP contribution in [0.15, 0.2) is 18.6 Å². The lowest BCUT2D eigenvalue weighted by Gasteiger charge is -2.04. The first-order chi connectivity index (χ1) is 9.56. The smallest absolute Gasteiger partial charge is 0.347 e. The van der Waals surface area contributed by atoms with Crippen LogP contribution in [0.1, 0.15) is 20.4 Å². The quantitative estimate of drug-likeness (QED) is 0.781. The molecule has 104 valence electrons. The van der Waals surface area contributed by atoms with E-state index in [1.165, 1.54) is 18.6 Å². The third kappa shape index (κ3) is 3.48.